The highest BCUT2D eigenvalue weighted by atomic mass is 35.5. The molecule has 1 aliphatic heterocycles. The third-order valence-corrected chi connectivity index (χ3v) is 5.77. The van der Waals surface area contributed by atoms with Crippen molar-refractivity contribution in [2.75, 3.05) is 39.5 Å². The van der Waals surface area contributed by atoms with Gasteiger partial charge in [0.15, 0.2) is 6.61 Å². The summed E-state index contributed by atoms with van der Waals surface area (Å²) in [5.74, 6) is 0.356. The van der Waals surface area contributed by atoms with Crippen LogP contribution in [0.1, 0.15) is 13.8 Å². The van der Waals surface area contributed by atoms with Gasteiger partial charge in [0, 0.05) is 19.6 Å². The molecule has 1 fully saturated rings. The minimum absolute atomic E-state index is 0.0935. The van der Waals surface area contributed by atoms with E-state index < -0.39 is 10.0 Å². The maximum absolute atomic E-state index is 12.6. The van der Waals surface area contributed by atoms with Crippen LogP contribution in [0.5, 0.6) is 5.75 Å². The molecule has 0 radical (unpaired) electrons. The zero-order chi connectivity index (χ0) is 18.4. The van der Waals surface area contributed by atoms with E-state index in [1.165, 1.54) is 22.5 Å². The van der Waals surface area contributed by atoms with Gasteiger partial charge in [0.1, 0.15) is 5.75 Å². The van der Waals surface area contributed by atoms with Crippen molar-refractivity contribution >= 4 is 27.5 Å². The first-order valence-electron chi connectivity index (χ1n) is 8.07. The molecule has 2 rings (SSSR count). The standard InChI is InChI=1S/C16H23ClN2O5S/c1-12(2)10-18-16(20)11-24-15-4-3-13(9-14(15)17)25(21,22)19-5-7-23-8-6-19/h3-4,9,12H,5-8,10-11H2,1-2H3,(H,18,20). The van der Waals surface area contributed by atoms with Gasteiger partial charge >= 0.3 is 0 Å². The lowest BCUT2D eigenvalue weighted by Gasteiger charge is -2.26. The van der Waals surface area contributed by atoms with E-state index in [0.717, 1.165) is 0 Å². The van der Waals surface area contributed by atoms with Gasteiger partial charge in [-0.05, 0) is 24.1 Å². The molecule has 140 valence electrons. The number of benzene rings is 1. The molecule has 0 aromatic heterocycles. The van der Waals surface area contributed by atoms with Crippen molar-refractivity contribution in [1.82, 2.24) is 9.62 Å². The van der Waals surface area contributed by atoms with Gasteiger partial charge < -0.3 is 14.8 Å². The Balaban J connectivity index is 2.01. The van der Waals surface area contributed by atoms with Gasteiger partial charge in [-0.2, -0.15) is 4.31 Å². The van der Waals surface area contributed by atoms with Crippen LogP contribution in [0.2, 0.25) is 5.02 Å². The van der Waals surface area contributed by atoms with Crippen LogP contribution in [-0.2, 0) is 19.6 Å². The summed E-state index contributed by atoms with van der Waals surface area (Å²) in [6.45, 7) is 5.74. The van der Waals surface area contributed by atoms with Crippen molar-refractivity contribution < 1.29 is 22.7 Å². The van der Waals surface area contributed by atoms with Gasteiger partial charge in [0.05, 0.1) is 23.1 Å². The number of nitrogens with one attached hydrogen (secondary N) is 1. The number of nitrogens with zero attached hydrogens (tertiary/aromatic N) is 1. The van der Waals surface area contributed by atoms with Crippen molar-refractivity contribution in [2.24, 2.45) is 5.92 Å². The molecular formula is C16H23ClN2O5S. The average Bonchev–Trinajstić information content (AvgIpc) is 2.59. The van der Waals surface area contributed by atoms with E-state index in [1.54, 1.807) is 0 Å². The average molecular weight is 391 g/mol. The quantitative estimate of drug-likeness (QED) is 0.762. The van der Waals surface area contributed by atoms with Crippen molar-refractivity contribution in [2.45, 2.75) is 18.7 Å². The topological polar surface area (TPSA) is 84.9 Å². The highest BCUT2D eigenvalue weighted by molar-refractivity contribution is 7.89. The number of ether oxygens (including phenoxy) is 2. The molecule has 0 spiro atoms. The van der Waals surface area contributed by atoms with E-state index in [4.69, 9.17) is 21.1 Å². The largest absolute Gasteiger partial charge is 0.482 e. The minimum Gasteiger partial charge on any atom is -0.482 e. The lowest BCUT2D eigenvalue weighted by atomic mass is 10.2. The Morgan fingerprint density at radius 2 is 2.04 bits per heavy atom. The second-order valence-electron chi connectivity index (χ2n) is 6.10. The Kier molecular flexibility index (Phi) is 7.06. The summed E-state index contributed by atoms with van der Waals surface area (Å²) in [4.78, 5) is 11.8. The number of carbonyl (C=O) groups is 1. The Morgan fingerprint density at radius 1 is 1.36 bits per heavy atom. The van der Waals surface area contributed by atoms with Crippen LogP contribution in [0.4, 0.5) is 0 Å². The van der Waals surface area contributed by atoms with Crippen molar-refractivity contribution in [3.05, 3.63) is 23.2 Å². The second kappa shape index (κ2) is 8.84. The Bertz CT molecular complexity index is 702. The number of amides is 1. The highest BCUT2D eigenvalue weighted by Gasteiger charge is 2.27. The van der Waals surface area contributed by atoms with Gasteiger partial charge in [-0.15, -0.1) is 0 Å². The zero-order valence-electron chi connectivity index (χ0n) is 14.3. The van der Waals surface area contributed by atoms with Crippen LogP contribution in [0, 0.1) is 5.92 Å². The predicted octanol–water partition coefficient (Wildman–Crippen LogP) is 1.51. The molecule has 25 heavy (non-hydrogen) atoms. The van der Waals surface area contributed by atoms with Gasteiger partial charge in [-0.25, -0.2) is 8.42 Å². The lowest BCUT2D eigenvalue weighted by Crippen LogP contribution is -2.40. The Labute approximate surface area is 153 Å². The fourth-order valence-corrected chi connectivity index (χ4v) is 3.94. The number of hydrogen-bond acceptors (Lipinski definition) is 5. The highest BCUT2D eigenvalue weighted by Crippen LogP contribution is 2.29. The molecule has 9 heteroatoms. The first kappa shape index (κ1) is 20.0. The molecule has 1 saturated heterocycles. The van der Waals surface area contributed by atoms with Gasteiger partial charge in [-0.1, -0.05) is 25.4 Å². The summed E-state index contributed by atoms with van der Waals surface area (Å²) in [5.41, 5.74) is 0. The van der Waals surface area contributed by atoms with Gasteiger partial charge in [-0.3, -0.25) is 4.79 Å². The van der Waals surface area contributed by atoms with Crippen LogP contribution in [0.15, 0.2) is 23.1 Å². The maximum Gasteiger partial charge on any atom is 0.257 e. The first-order chi connectivity index (χ1) is 11.8. The molecule has 0 unspecified atom stereocenters. The fourth-order valence-electron chi connectivity index (χ4n) is 2.21. The molecule has 0 saturated carbocycles. The molecule has 0 atom stereocenters. The van der Waals surface area contributed by atoms with Crippen LogP contribution in [-0.4, -0.2) is 58.1 Å². The molecule has 7 nitrogen and oxygen atoms in total. The molecular weight excluding hydrogens is 368 g/mol. The van der Waals surface area contributed by atoms with E-state index in [2.05, 4.69) is 5.32 Å². The summed E-state index contributed by atoms with van der Waals surface area (Å²) in [6.07, 6.45) is 0. The fraction of sp³-hybridized carbons (Fsp3) is 0.562. The number of hydrogen-bond donors (Lipinski definition) is 1. The number of halogens is 1. The molecule has 1 heterocycles. The summed E-state index contributed by atoms with van der Waals surface area (Å²) < 4.78 is 37.1. The molecule has 1 amide bonds. The molecule has 0 bridgehead atoms. The van der Waals surface area contributed by atoms with Crippen molar-refractivity contribution in [3.63, 3.8) is 0 Å². The van der Waals surface area contributed by atoms with Gasteiger partial charge in [0.2, 0.25) is 10.0 Å². The number of morpholine rings is 1. The molecule has 1 aromatic rings. The lowest BCUT2D eigenvalue weighted by molar-refractivity contribution is -0.123. The third-order valence-electron chi connectivity index (χ3n) is 3.58. The van der Waals surface area contributed by atoms with Crippen LogP contribution in [0.3, 0.4) is 0 Å². The van der Waals surface area contributed by atoms with Crippen LogP contribution >= 0.6 is 11.6 Å². The normalized spacial score (nSPS) is 16.0. The molecule has 1 N–H and O–H groups in total. The number of sulfonamides is 1. The predicted molar refractivity (Wildman–Crippen MR) is 94.4 cm³/mol. The first-order valence-corrected chi connectivity index (χ1v) is 9.89. The Hall–Kier alpha value is -1.35. The van der Waals surface area contributed by atoms with Gasteiger partial charge in [0.25, 0.3) is 5.91 Å². The summed E-state index contributed by atoms with van der Waals surface area (Å²) in [6, 6.07) is 4.23. The molecule has 1 aliphatic rings. The van der Waals surface area contributed by atoms with Crippen LogP contribution < -0.4 is 10.1 Å². The van der Waals surface area contributed by atoms with E-state index in [-0.39, 0.29) is 28.2 Å². The van der Waals surface area contributed by atoms with E-state index >= 15 is 0 Å². The maximum atomic E-state index is 12.6. The number of rotatable bonds is 7. The van der Waals surface area contributed by atoms with Crippen molar-refractivity contribution in [1.29, 1.82) is 0 Å². The van der Waals surface area contributed by atoms with Crippen LogP contribution in [0.25, 0.3) is 0 Å². The second-order valence-corrected chi connectivity index (χ2v) is 8.44. The molecule has 0 aliphatic carbocycles. The summed E-state index contributed by atoms with van der Waals surface area (Å²) in [5, 5.41) is 2.87. The van der Waals surface area contributed by atoms with Crippen molar-refractivity contribution in [3.8, 4) is 5.75 Å². The zero-order valence-corrected chi connectivity index (χ0v) is 15.9. The molecule has 1 aromatic carbocycles. The van der Waals surface area contributed by atoms with E-state index in [9.17, 15) is 13.2 Å². The smallest absolute Gasteiger partial charge is 0.257 e. The summed E-state index contributed by atoms with van der Waals surface area (Å²) in [7, 11) is -3.62. The minimum atomic E-state index is -3.62. The SMILES string of the molecule is CC(C)CNC(=O)COc1ccc(S(=O)(=O)N2CCOCC2)cc1Cl. The third kappa shape index (κ3) is 5.57. The monoisotopic (exact) mass is 390 g/mol. The summed E-state index contributed by atoms with van der Waals surface area (Å²) >= 11 is 6.12. The number of carbonyl (C=O) groups excluding carboxylic acids is 1. The Morgan fingerprint density at radius 3 is 2.64 bits per heavy atom. The van der Waals surface area contributed by atoms with E-state index in [1.807, 2.05) is 13.8 Å². The van der Waals surface area contributed by atoms with E-state index in [0.29, 0.717) is 38.8 Å².